The highest BCUT2D eigenvalue weighted by Gasteiger charge is 2.14. The number of anilines is 1. The molecule has 1 aromatic heterocycles. The molecule has 2 rings (SSSR count). The van der Waals surface area contributed by atoms with Gasteiger partial charge in [-0.2, -0.15) is 4.37 Å². The maximum atomic E-state index is 11.5. The van der Waals surface area contributed by atoms with Crippen LogP contribution >= 0.6 is 11.5 Å². The van der Waals surface area contributed by atoms with Gasteiger partial charge in [-0.05, 0) is 37.9 Å². The number of carbonyl (C=O) groups excluding carboxylic acids is 1. The predicted molar refractivity (Wildman–Crippen MR) is 75.4 cm³/mol. The highest BCUT2D eigenvalue weighted by atomic mass is 32.1. The lowest BCUT2D eigenvalue weighted by Crippen LogP contribution is -2.03. The first-order valence-corrected chi connectivity index (χ1v) is 6.62. The molecule has 1 aromatic carbocycles. The van der Waals surface area contributed by atoms with Gasteiger partial charge in [0.15, 0.2) is 5.78 Å². The average molecular weight is 260 g/mol. The zero-order valence-corrected chi connectivity index (χ0v) is 11.6. The van der Waals surface area contributed by atoms with Crippen molar-refractivity contribution in [1.29, 1.82) is 0 Å². The van der Waals surface area contributed by atoms with Crippen molar-refractivity contribution in [3.8, 4) is 0 Å². The number of nitrogens with zero attached hydrogens (tertiary/aromatic N) is 1. The van der Waals surface area contributed by atoms with Gasteiger partial charge in [0.05, 0.1) is 11.3 Å². The van der Waals surface area contributed by atoms with E-state index in [1.54, 1.807) is 6.92 Å². The number of carbonyl (C=O) groups is 1. The highest BCUT2D eigenvalue weighted by molar-refractivity contribution is 7.10. The number of Topliss-reactive ketones (excluding diaryl/α,β-unsaturated/α-hetero) is 1. The molecule has 0 fully saturated rings. The maximum Gasteiger partial charge on any atom is 0.164 e. The minimum absolute atomic E-state index is 0.0630. The fraction of sp³-hybridized carbons (Fsp3) is 0.286. The zero-order chi connectivity index (χ0) is 13.1. The summed E-state index contributed by atoms with van der Waals surface area (Å²) in [7, 11) is 0. The zero-order valence-electron chi connectivity index (χ0n) is 10.8. The Morgan fingerprint density at radius 2 is 2.17 bits per heavy atom. The number of nitrogens with one attached hydrogen (secondary N) is 1. The predicted octanol–water partition coefficient (Wildman–Crippen LogP) is 3.57. The minimum atomic E-state index is 0.0630. The Balaban J connectivity index is 2.13. The van der Waals surface area contributed by atoms with Gasteiger partial charge in [0.25, 0.3) is 0 Å². The molecule has 0 atom stereocenters. The van der Waals surface area contributed by atoms with E-state index in [1.807, 2.05) is 13.0 Å². The van der Waals surface area contributed by atoms with Gasteiger partial charge < -0.3 is 5.32 Å². The van der Waals surface area contributed by atoms with Crippen LogP contribution in [-0.4, -0.2) is 10.2 Å². The van der Waals surface area contributed by atoms with Crippen LogP contribution in [0, 0.1) is 13.8 Å². The molecule has 0 saturated heterocycles. The molecule has 0 aliphatic heterocycles. The Bertz CT molecular complexity index is 575. The molecule has 0 bridgehead atoms. The molecule has 18 heavy (non-hydrogen) atoms. The van der Waals surface area contributed by atoms with Crippen LogP contribution in [-0.2, 0) is 6.54 Å². The molecule has 0 aliphatic rings. The molecule has 0 spiro atoms. The quantitative estimate of drug-likeness (QED) is 0.854. The first-order chi connectivity index (χ1) is 8.58. The van der Waals surface area contributed by atoms with Crippen LogP contribution in [0.25, 0.3) is 0 Å². The van der Waals surface area contributed by atoms with Crippen LogP contribution in [0.5, 0.6) is 0 Å². The Morgan fingerprint density at radius 1 is 1.39 bits per heavy atom. The highest BCUT2D eigenvalue weighted by Crippen LogP contribution is 2.25. The number of hydrogen-bond donors (Lipinski definition) is 1. The Hall–Kier alpha value is -1.68. The van der Waals surface area contributed by atoms with Crippen molar-refractivity contribution in [3.63, 3.8) is 0 Å². The van der Waals surface area contributed by atoms with Crippen LogP contribution in [0.1, 0.15) is 34.1 Å². The van der Waals surface area contributed by atoms with Gasteiger partial charge >= 0.3 is 0 Å². The lowest BCUT2D eigenvalue weighted by Gasteiger charge is -2.06. The van der Waals surface area contributed by atoms with E-state index in [1.165, 1.54) is 22.7 Å². The van der Waals surface area contributed by atoms with E-state index in [9.17, 15) is 4.79 Å². The second-order valence-electron chi connectivity index (χ2n) is 4.37. The SMILES string of the molecule is CC(=O)c1c(C)nsc1NCc1cccc(C)c1. The summed E-state index contributed by atoms with van der Waals surface area (Å²) in [6.45, 7) is 6.23. The fourth-order valence-electron chi connectivity index (χ4n) is 1.91. The first-order valence-electron chi connectivity index (χ1n) is 5.84. The van der Waals surface area contributed by atoms with Crippen LogP contribution in [0.4, 0.5) is 5.00 Å². The van der Waals surface area contributed by atoms with Crippen LogP contribution in [0.15, 0.2) is 24.3 Å². The number of rotatable bonds is 4. The molecule has 3 nitrogen and oxygen atoms in total. The van der Waals surface area contributed by atoms with Crippen molar-refractivity contribution in [2.24, 2.45) is 0 Å². The van der Waals surface area contributed by atoms with E-state index in [0.29, 0.717) is 12.1 Å². The first kappa shape index (κ1) is 12.8. The molecule has 0 aliphatic carbocycles. The standard InChI is InChI=1S/C14H16N2OS/c1-9-5-4-6-12(7-9)8-15-14-13(11(3)17)10(2)16-18-14/h4-7,15H,8H2,1-3H3. The average Bonchev–Trinajstić information content (AvgIpc) is 2.68. The van der Waals surface area contributed by atoms with Crippen LogP contribution < -0.4 is 5.32 Å². The second-order valence-corrected chi connectivity index (χ2v) is 5.14. The second kappa shape index (κ2) is 5.31. The lowest BCUT2D eigenvalue weighted by atomic mass is 10.1. The van der Waals surface area contributed by atoms with Gasteiger partial charge in [-0.1, -0.05) is 29.8 Å². The van der Waals surface area contributed by atoms with E-state index >= 15 is 0 Å². The molecule has 4 heteroatoms. The number of aromatic nitrogens is 1. The van der Waals surface area contributed by atoms with E-state index in [4.69, 9.17) is 0 Å². The summed E-state index contributed by atoms with van der Waals surface area (Å²) in [4.78, 5) is 11.5. The molecule has 94 valence electrons. The van der Waals surface area contributed by atoms with Gasteiger partial charge in [-0.15, -0.1) is 0 Å². The van der Waals surface area contributed by atoms with Gasteiger partial charge in [-0.25, -0.2) is 0 Å². The summed E-state index contributed by atoms with van der Waals surface area (Å²) in [6.07, 6.45) is 0. The van der Waals surface area contributed by atoms with Gasteiger partial charge in [-0.3, -0.25) is 4.79 Å². The maximum absolute atomic E-state index is 11.5. The Labute approximate surface area is 111 Å². The largest absolute Gasteiger partial charge is 0.371 e. The minimum Gasteiger partial charge on any atom is -0.371 e. The Kier molecular flexibility index (Phi) is 3.77. The third-order valence-corrected chi connectivity index (χ3v) is 3.65. The van der Waals surface area contributed by atoms with Gasteiger partial charge in [0, 0.05) is 6.54 Å². The molecule has 2 aromatic rings. The van der Waals surface area contributed by atoms with E-state index < -0.39 is 0 Å². The number of benzene rings is 1. The van der Waals surface area contributed by atoms with Crippen molar-refractivity contribution in [2.45, 2.75) is 27.3 Å². The summed E-state index contributed by atoms with van der Waals surface area (Å²) in [5.41, 5.74) is 3.96. The molecule has 1 N–H and O–H groups in total. The van der Waals surface area contributed by atoms with Crippen molar-refractivity contribution >= 4 is 22.3 Å². The van der Waals surface area contributed by atoms with Crippen molar-refractivity contribution in [2.75, 3.05) is 5.32 Å². The van der Waals surface area contributed by atoms with E-state index in [0.717, 1.165) is 10.7 Å². The molecule has 0 saturated carbocycles. The van der Waals surface area contributed by atoms with Crippen molar-refractivity contribution < 1.29 is 4.79 Å². The number of hydrogen-bond acceptors (Lipinski definition) is 4. The van der Waals surface area contributed by atoms with Crippen molar-refractivity contribution in [1.82, 2.24) is 4.37 Å². The smallest absolute Gasteiger partial charge is 0.164 e. The molecule has 0 unspecified atom stereocenters. The number of ketones is 1. The van der Waals surface area contributed by atoms with Gasteiger partial charge in [0.1, 0.15) is 5.00 Å². The van der Waals surface area contributed by atoms with Crippen LogP contribution in [0.3, 0.4) is 0 Å². The van der Waals surface area contributed by atoms with Gasteiger partial charge in [0.2, 0.25) is 0 Å². The monoisotopic (exact) mass is 260 g/mol. The normalized spacial score (nSPS) is 10.4. The third kappa shape index (κ3) is 2.76. The summed E-state index contributed by atoms with van der Waals surface area (Å²) < 4.78 is 4.23. The summed E-state index contributed by atoms with van der Waals surface area (Å²) >= 11 is 1.35. The summed E-state index contributed by atoms with van der Waals surface area (Å²) in [5.74, 6) is 0.0630. The molecule has 0 amide bonds. The van der Waals surface area contributed by atoms with E-state index in [-0.39, 0.29) is 5.78 Å². The van der Waals surface area contributed by atoms with E-state index in [2.05, 4.69) is 34.8 Å². The Morgan fingerprint density at radius 3 is 2.83 bits per heavy atom. The molecular formula is C14H16N2OS. The topological polar surface area (TPSA) is 42.0 Å². The molecule has 0 radical (unpaired) electrons. The number of aryl methyl sites for hydroxylation is 2. The molecule has 1 heterocycles. The third-order valence-electron chi connectivity index (χ3n) is 2.75. The van der Waals surface area contributed by atoms with Crippen molar-refractivity contribution in [3.05, 3.63) is 46.6 Å². The summed E-state index contributed by atoms with van der Waals surface area (Å²) in [5, 5.41) is 4.16. The summed E-state index contributed by atoms with van der Waals surface area (Å²) in [6, 6.07) is 8.31. The molecular weight excluding hydrogens is 244 g/mol. The fourth-order valence-corrected chi connectivity index (χ4v) is 2.75. The lowest BCUT2D eigenvalue weighted by molar-refractivity contribution is 0.101. The van der Waals surface area contributed by atoms with Crippen LogP contribution in [0.2, 0.25) is 0 Å².